The second-order valence-corrected chi connectivity index (χ2v) is 7.63. The van der Waals surface area contributed by atoms with Gasteiger partial charge in [-0.25, -0.2) is 4.79 Å². The molecule has 2 atom stereocenters. The van der Waals surface area contributed by atoms with E-state index in [1.54, 1.807) is 13.0 Å². The zero-order valence-corrected chi connectivity index (χ0v) is 17.4. The number of ether oxygens (including phenoxy) is 2. The lowest BCUT2D eigenvalue weighted by Crippen LogP contribution is -2.33. The highest BCUT2D eigenvalue weighted by molar-refractivity contribution is 6.04. The number of esters is 1. The number of hydrogen-bond donors (Lipinski definition) is 1. The number of nitro groups is 1. The van der Waals surface area contributed by atoms with E-state index in [0.29, 0.717) is 12.2 Å². The second-order valence-electron chi connectivity index (χ2n) is 7.63. The molecule has 8 heteroatoms. The molecule has 2 N–H and O–H groups in total. The quantitative estimate of drug-likeness (QED) is 0.431. The maximum absolute atomic E-state index is 13.4. The van der Waals surface area contributed by atoms with E-state index in [2.05, 4.69) is 0 Å². The van der Waals surface area contributed by atoms with E-state index >= 15 is 0 Å². The molecule has 32 heavy (non-hydrogen) atoms. The number of hydrogen-bond acceptors (Lipinski definition) is 7. The first-order valence-electron chi connectivity index (χ1n) is 10.3. The van der Waals surface area contributed by atoms with Gasteiger partial charge >= 0.3 is 5.97 Å². The summed E-state index contributed by atoms with van der Waals surface area (Å²) in [5.74, 6) is -2.03. The highest BCUT2D eigenvalue weighted by Crippen LogP contribution is 2.48. The van der Waals surface area contributed by atoms with Crippen molar-refractivity contribution in [3.05, 3.63) is 98.6 Å². The number of nitro benzene ring substituents is 1. The van der Waals surface area contributed by atoms with Gasteiger partial charge in [-0.3, -0.25) is 14.9 Å². The predicted molar refractivity (Wildman–Crippen MR) is 115 cm³/mol. The van der Waals surface area contributed by atoms with Crippen molar-refractivity contribution in [3.63, 3.8) is 0 Å². The minimum atomic E-state index is -1.04. The zero-order chi connectivity index (χ0) is 22.8. The largest absolute Gasteiger partial charge is 0.462 e. The predicted octanol–water partition coefficient (Wildman–Crippen LogP) is 3.84. The number of nitrogens with two attached hydrogens (primary N) is 1. The van der Waals surface area contributed by atoms with E-state index in [1.165, 1.54) is 18.2 Å². The summed E-state index contributed by atoms with van der Waals surface area (Å²) in [6, 6.07) is 15.6. The average Bonchev–Trinajstić information content (AvgIpc) is 2.78. The Morgan fingerprint density at radius 1 is 1.16 bits per heavy atom. The summed E-state index contributed by atoms with van der Waals surface area (Å²) in [4.78, 5) is 37.4. The lowest BCUT2D eigenvalue weighted by molar-refractivity contribution is -0.385. The van der Waals surface area contributed by atoms with Crippen LogP contribution in [0, 0.1) is 10.1 Å². The van der Waals surface area contributed by atoms with Crippen LogP contribution in [0.4, 0.5) is 5.69 Å². The van der Waals surface area contributed by atoms with Crippen molar-refractivity contribution in [2.24, 2.45) is 5.73 Å². The zero-order valence-electron chi connectivity index (χ0n) is 17.4. The maximum atomic E-state index is 13.4. The van der Waals surface area contributed by atoms with Gasteiger partial charge in [-0.2, -0.15) is 0 Å². The van der Waals surface area contributed by atoms with Gasteiger partial charge in [-0.05, 0) is 18.4 Å². The summed E-state index contributed by atoms with van der Waals surface area (Å²) >= 11 is 0. The van der Waals surface area contributed by atoms with Crippen LogP contribution in [0.1, 0.15) is 42.7 Å². The second kappa shape index (κ2) is 8.66. The van der Waals surface area contributed by atoms with Gasteiger partial charge in [0.1, 0.15) is 11.3 Å². The number of ketones is 1. The van der Waals surface area contributed by atoms with Gasteiger partial charge in [0.25, 0.3) is 5.69 Å². The molecular formula is C24H22N2O6. The molecule has 0 amide bonds. The monoisotopic (exact) mass is 434 g/mol. The van der Waals surface area contributed by atoms with Crippen molar-refractivity contribution in [2.75, 3.05) is 6.61 Å². The molecule has 0 radical (unpaired) electrons. The van der Waals surface area contributed by atoms with Gasteiger partial charge in [0.05, 0.1) is 17.4 Å². The number of rotatable bonds is 5. The Morgan fingerprint density at radius 2 is 1.84 bits per heavy atom. The molecule has 0 spiro atoms. The summed E-state index contributed by atoms with van der Waals surface area (Å²) in [5, 5.41) is 11.7. The van der Waals surface area contributed by atoms with Crippen LogP contribution < -0.4 is 5.73 Å². The fourth-order valence-electron chi connectivity index (χ4n) is 4.39. The molecule has 8 nitrogen and oxygen atoms in total. The normalized spacial score (nSPS) is 20.5. The Labute approximate surface area is 184 Å². The van der Waals surface area contributed by atoms with E-state index in [9.17, 15) is 19.7 Å². The lowest BCUT2D eigenvalue weighted by atomic mass is 9.73. The first-order chi connectivity index (χ1) is 15.4. The number of para-hydroxylation sites is 1. The topological polar surface area (TPSA) is 122 Å². The van der Waals surface area contributed by atoms with Crippen LogP contribution in [0.2, 0.25) is 0 Å². The molecule has 2 aromatic rings. The first-order valence-corrected chi connectivity index (χ1v) is 10.3. The average molecular weight is 434 g/mol. The molecule has 1 aliphatic carbocycles. The summed E-state index contributed by atoms with van der Waals surface area (Å²) < 4.78 is 10.9. The molecule has 1 heterocycles. The third-order valence-electron chi connectivity index (χ3n) is 5.75. The molecule has 4 rings (SSSR count). The van der Waals surface area contributed by atoms with Crippen LogP contribution in [0.25, 0.3) is 0 Å². The molecule has 0 saturated carbocycles. The van der Waals surface area contributed by atoms with Gasteiger partial charge in [0.15, 0.2) is 5.78 Å². The van der Waals surface area contributed by atoms with Crippen LogP contribution >= 0.6 is 0 Å². The van der Waals surface area contributed by atoms with Crippen LogP contribution in [0.3, 0.4) is 0 Å². The molecule has 0 bridgehead atoms. The van der Waals surface area contributed by atoms with Crippen molar-refractivity contribution >= 4 is 17.4 Å². The number of nitrogens with zero attached hydrogens (tertiary/aromatic N) is 1. The lowest BCUT2D eigenvalue weighted by Gasteiger charge is -2.34. The van der Waals surface area contributed by atoms with Crippen molar-refractivity contribution in [1.29, 1.82) is 0 Å². The Balaban J connectivity index is 1.87. The Hall–Kier alpha value is -3.94. The summed E-state index contributed by atoms with van der Waals surface area (Å²) in [5.41, 5.74) is 7.25. The molecule has 1 aliphatic heterocycles. The first kappa shape index (κ1) is 21.3. The summed E-state index contributed by atoms with van der Waals surface area (Å²) in [6.45, 7) is 1.72. The van der Waals surface area contributed by atoms with Gasteiger partial charge in [0.2, 0.25) is 5.88 Å². The van der Waals surface area contributed by atoms with Gasteiger partial charge in [-0.15, -0.1) is 0 Å². The smallest absolute Gasteiger partial charge is 0.340 e. The van der Waals surface area contributed by atoms with Gasteiger partial charge < -0.3 is 15.2 Å². The molecule has 2 aromatic carbocycles. The molecule has 0 unspecified atom stereocenters. The number of carbonyl (C=O) groups is 2. The van der Waals surface area contributed by atoms with Crippen molar-refractivity contribution in [1.82, 2.24) is 0 Å². The van der Waals surface area contributed by atoms with Crippen molar-refractivity contribution in [2.45, 2.75) is 31.6 Å². The van der Waals surface area contributed by atoms with Crippen LogP contribution in [-0.4, -0.2) is 23.3 Å². The minimum absolute atomic E-state index is 0.0785. The Bertz CT molecular complexity index is 1150. The van der Waals surface area contributed by atoms with E-state index in [1.807, 2.05) is 30.3 Å². The molecule has 0 aromatic heterocycles. The fourth-order valence-corrected chi connectivity index (χ4v) is 4.39. The van der Waals surface area contributed by atoms with E-state index < -0.39 is 16.8 Å². The highest BCUT2D eigenvalue weighted by Gasteiger charge is 2.45. The molecular weight excluding hydrogens is 412 g/mol. The van der Waals surface area contributed by atoms with Crippen molar-refractivity contribution < 1.29 is 24.0 Å². The maximum Gasteiger partial charge on any atom is 0.340 e. The number of carbonyl (C=O) groups excluding carboxylic acids is 2. The third kappa shape index (κ3) is 3.75. The number of benzene rings is 2. The SMILES string of the molecule is CCOC(=O)C1=C(N)OC2=C(C(=O)C[C@@H](c3ccccc3)C2)[C@H]1c1ccccc1[N+](=O)[O-]. The third-order valence-corrected chi connectivity index (χ3v) is 5.75. The molecule has 0 fully saturated rings. The van der Waals surface area contributed by atoms with Gasteiger partial charge in [-0.1, -0.05) is 48.5 Å². The fraction of sp³-hybridized carbons (Fsp3) is 0.250. The summed E-state index contributed by atoms with van der Waals surface area (Å²) in [7, 11) is 0. The van der Waals surface area contributed by atoms with Crippen molar-refractivity contribution in [3.8, 4) is 0 Å². The molecule has 0 saturated heterocycles. The highest BCUT2D eigenvalue weighted by atomic mass is 16.6. The van der Waals surface area contributed by atoms with Crippen LogP contribution in [-0.2, 0) is 19.1 Å². The van der Waals surface area contributed by atoms with E-state index in [4.69, 9.17) is 15.2 Å². The standard InChI is InChI=1S/C24H22N2O6/c1-2-31-24(28)22-20(16-10-6-7-11-17(16)26(29)30)21-18(27)12-15(13-19(21)32-23(22)25)14-8-4-3-5-9-14/h3-11,15,20H,2,12-13,25H2,1H3/t15-,20-/m1/s1. The van der Waals surface area contributed by atoms with Crippen LogP contribution in [0.15, 0.2) is 77.4 Å². The minimum Gasteiger partial charge on any atom is -0.462 e. The van der Waals surface area contributed by atoms with E-state index in [0.717, 1.165) is 5.56 Å². The van der Waals surface area contributed by atoms with Gasteiger partial charge in [0, 0.05) is 30.0 Å². The molecule has 164 valence electrons. The Kier molecular flexibility index (Phi) is 5.77. The van der Waals surface area contributed by atoms with E-state index in [-0.39, 0.29) is 53.0 Å². The Morgan fingerprint density at radius 3 is 2.53 bits per heavy atom. The summed E-state index contributed by atoms with van der Waals surface area (Å²) in [6.07, 6.45) is 0.582. The number of allylic oxidation sites excluding steroid dienone is 2. The molecule has 2 aliphatic rings. The van der Waals surface area contributed by atoms with Crippen LogP contribution in [0.5, 0.6) is 0 Å². The number of Topliss-reactive ketones (excluding diaryl/α,β-unsaturated/α-hetero) is 1.